The van der Waals surface area contributed by atoms with Crippen molar-refractivity contribution in [3.05, 3.63) is 29.8 Å². The zero-order chi connectivity index (χ0) is 19.3. The quantitative estimate of drug-likeness (QED) is 0.674. The normalized spacial score (nSPS) is 18.7. The van der Waals surface area contributed by atoms with Gasteiger partial charge in [0, 0.05) is 49.0 Å². The maximum atomic E-state index is 4.84. The molecule has 3 aromatic rings. The molecule has 28 heavy (non-hydrogen) atoms. The Labute approximate surface area is 169 Å². The standard InChI is InChI=1S/C20H27N7S/c1-20(2,3)15-13-27-16(21-15)7-8-17(23-27)25-9-4-10-26(12-11-25)19-22-18(24-28-19)14-5-6-14/h7-8,13-14H,4-6,9-12H2,1-3H3. The number of hydrogen-bond acceptors (Lipinski definition) is 7. The van der Waals surface area contributed by atoms with Crippen LogP contribution in [0.1, 0.15) is 57.5 Å². The largest absolute Gasteiger partial charge is 0.353 e. The Morgan fingerprint density at radius 1 is 1.00 bits per heavy atom. The van der Waals surface area contributed by atoms with E-state index in [0.29, 0.717) is 5.92 Å². The maximum Gasteiger partial charge on any atom is 0.205 e. The molecule has 5 rings (SSSR count). The number of imidazole rings is 1. The van der Waals surface area contributed by atoms with Crippen molar-refractivity contribution in [3.8, 4) is 0 Å². The highest BCUT2D eigenvalue weighted by atomic mass is 32.1. The third-order valence-electron chi connectivity index (χ3n) is 5.54. The fourth-order valence-electron chi connectivity index (χ4n) is 3.60. The minimum absolute atomic E-state index is 0.0258. The van der Waals surface area contributed by atoms with E-state index in [9.17, 15) is 0 Å². The van der Waals surface area contributed by atoms with Gasteiger partial charge in [-0.3, -0.25) is 0 Å². The van der Waals surface area contributed by atoms with E-state index >= 15 is 0 Å². The molecule has 1 saturated heterocycles. The van der Waals surface area contributed by atoms with Crippen molar-refractivity contribution in [1.82, 2.24) is 24.0 Å². The number of fused-ring (bicyclic) bond motifs is 1. The molecule has 0 amide bonds. The Kier molecular flexibility index (Phi) is 4.26. The van der Waals surface area contributed by atoms with Crippen LogP contribution in [0.5, 0.6) is 0 Å². The van der Waals surface area contributed by atoms with E-state index in [0.717, 1.165) is 60.7 Å². The highest BCUT2D eigenvalue weighted by molar-refractivity contribution is 7.09. The predicted octanol–water partition coefficient (Wildman–Crippen LogP) is 3.47. The van der Waals surface area contributed by atoms with Gasteiger partial charge in [0.2, 0.25) is 5.13 Å². The summed E-state index contributed by atoms with van der Waals surface area (Å²) in [6, 6.07) is 4.17. The summed E-state index contributed by atoms with van der Waals surface area (Å²) in [7, 11) is 0. The molecule has 3 aromatic heterocycles. The Morgan fingerprint density at radius 3 is 2.57 bits per heavy atom. The molecule has 1 aliphatic heterocycles. The highest BCUT2D eigenvalue weighted by Crippen LogP contribution is 2.39. The van der Waals surface area contributed by atoms with Crippen molar-refractivity contribution >= 4 is 28.1 Å². The summed E-state index contributed by atoms with van der Waals surface area (Å²) >= 11 is 1.56. The van der Waals surface area contributed by atoms with E-state index in [1.165, 1.54) is 12.8 Å². The molecule has 0 radical (unpaired) electrons. The molecule has 0 bridgehead atoms. The first-order valence-electron chi connectivity index (χ1n) is 10.2. The molecule has 0 aromatic carbocycles. The zero-order valence-electron chi connectivity index (χ0n) is 16.8. The lowest BCUT2D eigenvalue weighted by molar-refractivity contribution is 0.572. The summed E-state index contributed by atoms with van der Waals surface area (Å²) < 4.78 is 6.49. The van der Waals surface area contributed by atoms with Crippen LogP contribution < -0.4 is 9.80 Å². The minimum Gasteiger partial charge on any atom is -0.353 e. The minimum atomic E-state index is 0.0258. The second-order valence-electron chi connectivity index (χ2n) is 8.91. The van der Waals surface area contributed by atoms with Crippen molar-refractivity contribution < 1.29 is 0 Å². The first-order chi connectivity index (χ1) is 13.5. The lowest BCUT2D eigenvalue weighted by Gasteiger charge is -2.22. The van der Waals surface area contributed by atoms with Gasteiger partial charge in [-0.2, -0.15) is 4.37 Å². The Morgan fingerprint density at radius 2 is 1.79 bits per heavy atom. The topological polar surface area (TPSA) is 62.5 Å². The number of hydrogen-bond donors (Lipinski definition) is 0. The molecule has 1 aliphatic carbocycles. The van der Waals surface area contributed by atoms with E-state index in [-0.39, 0.29) is 5.41 Å². The van der Waals surface area contributed by atoms with Crippen molar-refractivity contribution in [3.63, 3.8) is 0 Å². The molecular formula is C20H27N7S. The van der Waals surface area contributed by atoms with E-state index < -0.39 is 0 Å². The van der Waals surface area contributed by atoms with Crippen LogP contribution in [-0.4, -0.2) is 50.1 Å². The van der Waals surface area contributed by atoms with Crippen LogP contribution >= 0.6 is 11.5 Å². The molecule has 148 valence electrons. The van der Waals surface area contributed by atoms with Crippen molar-refractivity contribution in [2.75, 3.05) is 36.0 Å². The Balaban J connectivity index is 1.32. The van der Waals surface area contributed by atoms with Gasteiger partial charge in [-0.05, 0) is 31.4 Å². The van der Waals surface area contributed by atoms with Crippen LogP contribution in [0.15, 0.2) is 18.3 Å². The molecule has 1 saturated carbocycles. The summed E-state index contributed by atoms with van der Waals surface area (Å²) in [5, 5.41) is 5.92. The lowest BCUT2D eigenvalue weighted by Crippen LogP contribution is -2.31. The summed E-state index contributed by atoms with van der Waals surface area (Å²) in [6.45, 7) is 10.5. The summed E-state index contributed by atoms with van der Waals surface area (Å²) in [5.41, 5.74) is 2.01. The molecule has 0 unspecified atom stereocenters. The van der Waals surface area contributed by atoms with Crippen LogP contribution in [0.25, 0.3) is 5.65 Å². The second-order valence-corrected chi connectivity index (χ2v) is 9.64. The molecule has 0 N–H and O–H groups in total. The Hall–Kier alpha value is -2.22. The van der Waals surface area contributed by atoms with E-state index in [1.54, 1.807) is 11.5 Å². The van der Waals surface area contributed by atoms with E-state index in [1.807, 2.05) is 4.52 Å². The van der Waals surface area contributed by atoms with Crippen LogP contribution in [0, 0.1) is 0 Å². The van der Waals surface area contributed by atoms with Crippen molar-refractivity contribution in [2.24, 2.45) is 0 Å². The molecule has 2 aliphatic rings. The van der Waals surface area contributed by atoms with Gasteiger partial charge in [-0.25, -0.2) is 14.5 Å². The average Bonchev–Trinajstić information content (AvgIpc) is 3.31. The van der Waals surface area contributed by atoms with Crippen molar-refractivity contribution in [1.29, 1.82) is 0 Å². The van der Waals surface area contributed by atoms with Gasteiger partial charge >= 0.3 is 0 Å². The number of anilines is 2. The Bertz CT molecular complexity index is 982. The molecular weight excluding hydrogens is 370 g/mol. The zero-order valence-corrected chi connectivity index (χ0v) is 17.6. The van der Waals surface area contributed by atoms with Gasteiger partial charge in [-0.1, -0.05) is 20.8 Å². The monoisotopic (exact) mass is 397 g/mol. The summed E-state index contributed by atoms with van der Waals surface area (Å²) in [4.78, 5) is 14.3. The SMILES string of the molecule is CC(C)(C)c1cn2nc(N3CCCN(c4nc(C5CC5)ns4)CC3)ccc2n1. The van der Waals surface area contributed by atoms with Crippen LogP contribution in [0.3, 0.4) is 0 Å². The molecule has 2 fully saturated rings. The summed E-state index contributed by atoms with van der Waals surface area (Å²) in [6.07, 6.45) is 5.66. The average molecular weight is 398 g/mol. The fourth-order valence-corrected chi connectivity index (χ4v) is 4.40. The first kappa shape index (κ1) is 17.8. The van der Waals surface area contributed by atoms with Gasteiger partial charge in [0.25, 0.3) is 0 Å². The lowest BCUT2D eigenvalue weighted by atomic mass is 9.93. The number of aromatic nitrogens is 5. The molecule has 0 spiro atoms. The highest BCUT2D eigenvalue weighted by Gasteiger charge is 2.29. The molecule has 7 nitrogen and oxygen atoms in total. The third kappa shape index (κ3) is 3.45. The van der Waals surface area contributed by atoms with Gasteiger partial charge in [-0.15, -0.1) is 5.10 Å². The molecule has 4 heterocycles. The van der Waals surface area contributed by atoms with Gasteiger partial charge < -0.3 is 9.80 Å². The van der Waals surface area contributed by atoms with Crippen LogP contribution in [-0.2, 0) is 5.41 Å². The summed E-state index contributed by atoms with van der Waals surface area (Å²) in [5.74, 6) is 2.70. The van der Waals surface area contributed by atoms with Crippen LogP contribution in [0.4, 0.5) is 10.9 Å². The smallest absolute Gasteiger partial charge is 0.205 e. The van der Waals surface area contributed by atoms with Gasteiger partial charge in [0.15, 0.2) is 5.65 Å². The van der Waals surface area contributed by atoms with Gasteiger partial charge in [0.05, 0.1) is 11.9 Å². The third-order valence-corrected chi connectivity index (χ3v) is 6.33. The van der Waals surface area contributed by atoms with Gasteiger partial charge in [0.1, 0.15) is 11.6 Å². The second kappa shape index (κ2) is 6.69. The predicted molar refractivity (Wildman–Crippen MR) is 113 cm³/mol. The maximum absolute atomic E-state index is 4.84. The van der Waals surface area contributed by atoms with Crippen molar-refractivity contribution in [2.45, 2.75) is 51.4 Å². The molecule has 8 heteroatoms. The van der Waals surface area contributed by atoms with E-state index in [2.05, 4.69) is 53.3 Å². The van der Waals surface area contributed by atoms with Crippen LogP contribution in [0.2, 0.25) is 0 Å². The number of nitrogens with zero attached hydrogens (tertiary/aromatic N) is 7. The van der Waals surface area contributed by atoms with E-state index in [4.69, 9.17) is 15.1 Å². The number of rotatable bonds is 3. The fraction of sp³-hybridized carbons (Fsp3) is 0.600. The molecule has 0 atom stereocenters. The first-order valence-corrected chi connectivity index (χ1v) is 11.0.